The molecule has 6 nitrogen and oxygen atoms in total. The number of para-hydroxylation sites is 1. The van der Waals surface area contributed by atoms with Crippen molar-refractivity contribution in [3.8, 4) is 5.69 Å². The Labute approximate surface area is 184 Å². The summed E-state index contributed by atoms with van der Waals surface area (Å²) < 4.78 is 3.48. The molecule has 2 heterocycles. The van der Waals surface area contributed by atoms with Gasteiger partial charge in [-0.05, 0) is 43.7 Å². The topological polar surface area (TPSA) is 64.7 Å². The average molecular weight is 440 g/mol. The monoisotopic (exact) mass is 439 g/mol. The van der Waals surface area contributed by atoms with Gasteiger partial charge in [0, 0.05) is 22.3 Å². The van der Waals surface area contributed by atoms with Crippen LogP contribution in [-0.2, 0) is 6.54 Å². The molecule has 1 N–H and O–H groups in total. The summed E-state index contributed by atoms with van der Waals surface area (Å²) in [6.45, 7) is 4.17. The number of anilines is 1. The molecule has 1 amide bonds. The van der Waals surface area contributed by atoms with Gasteiger partial charge in [0.25, 0.3) is 5.91 Å². The van der Waals surface area contributed by atoms with E-state index in [1.807, 2.05) is 50.2 Å². The lowest BCUT2D eigenvalue weighted by Crippen LogP contribution is -2.15. The van der Waals surface area contributed by atoms with Crippen LogP contribution in [0.2, 0.25) is 10.0 Å². The van der Waals surface area contributed by atoms with E-state index in [0.717, 1.165) is 16.9 Å². The van der Waals surface area contributed by atoms with Crippen LogP contribution in [0.15, 0.2) is 60.8 Å². The lowest BCUT2D eigenvalue weighted by molar-refractivity contribution is 0.102. The fraction of sp³-hybridized carbons (Fsp3) is 0.136. The predicted molar refractivity (Wildman–Crippen MR) is 119 cm³/mol. The van der Waals surface area contributed by atoms with E-state index in [1.54, 1.807) is 33.8 Å². The van der Waals surface area contributed by atoms with Crippen LogP contribution in [0.25, 0.3) is 5.69 Å². The first kappa shape index (κ1) is 20.2. The zero-order valence-corrected chi connectivity index (χ0v) is 17.9. The van der Waals surface area contributed by atoms with Gasteiger partial charge in [0.2, 0.25) is 0 Å². The summed E-state index contributed by atoms with van der Waals surface area (Å²) >= 11 is 12.2. The number of benzene rings is 2. The van der Waals surface area contributed by atoms with Gasteiger partial charge in [-0.1, -0.05) is 47.5 Å². The first-order chi connectivity index (χ1) is 14.4. The second-order valence-corrected chi connectivity index (χ2v) is 7.73. The molecule has 0 atom stereocenters. The zero-order chi connectivity index (χ0) is 21.3. The number of halogens is 2. The van der Waals surface area contributed by atoms with Crippen molar-refractivity contribution in [2.45, 2.75) is 20.4 Å². The number of hydrogen-bond acceptors (Lipinski definition) is 3. The van der Waals surface area contributed by atoms with Crippen LogP contribution >= 0.6 is 23.2 Å². The number of aromatic nitrogens is 4. The normalized spacial score (nSPS) is 10.9. The molecule has 4 rings (SSSR count). The van der Waals surface area contributed by atoms with Crippen molar-refractivity contribution in [3.63, 3.8) is 0 Å². The highest BCUT2D eigenvalue weighted by Gasteiger charge is 2.20. The third-order valence-electron chi connectivity index (χ3n) is 4.75. The maximum Gasteiger partial charge on any atom is 0.260 e. The molecule has 0 spiro atoms. The molecule has 152 valence electrons. The zero-order valence-electron chi connectivity index (χ0n) is 16.4. The Morgan fingerprint density at radius 2 is 1.80 bits per heavy atom. The van der Waals surface area contributed by atoms with Crippen LogP contribution in [-0.4, -0.2) is 25.5 Å². The Balaban J connectivity index is 1.52. The van der Waals surface area contributed by atoms with E-state index < -0.39 is 0 Å². The maximum absolute atomic E-state index is 12.9. The molecular formula is C22H19Cl2N5O. The summed E-state index contributed by atoms with van der Waals surface area (Å²) in [4.78, 5) is 12.9. The van der Waals surface area contributed by atoms with E-state index >= 15 is 0 Å². The van der Waals surface area contributed by atoms with Gasteiger partial charge in [0.15, 0.2) is 5.82 Å². The second kappa shape index (κ2) is 8.34. The Morgan fingerprint density at radius 3 is 2.53 bits per heavy atom. The Kier molecular flexibility index (Phi) is 5.61. The van der Waals surface area contributed by atoms with E-state index in [2.05, 4.69) is 15.5 Å². The molecule has 0 saturated heterocycles. The summed E-state index contributed by atoms with van der Waals surface area (Å²) in [5, 5.41) is 13.0. The van der Waals surface area contributed by atoms with Crippen LogP contribution in [0.5, 0.6) is 0 Å². The minimum absolute atomic E-state index is 0.248. The highest BCUT2D eigenvalue weighted by molar-refractivity contribution is 6.35. The van der Waals surface area contributed by atoms with Crippen LogP contribution in [0.3, 0.4) is 0 Å². The molecule has 0 radical (unpaired) electrons. The van der Waals surface area contributed by atoms with E-state index in [9.17, 15) is 4.79 Å². The number of nitrogens with one attached hydrogen (secondary N) is 1. The molecule has 0 fully saturated rings. The molecular weight excluding hydrogens is 421 g/mol. The summed E-state index contributed by atoms with van der Waals surface area (Å²) in [6.07, 6.45) is 1.79. The number of amides is 1. The fourth-order valence-electron chi connectivity index (χ4n) is 3.31. The number of hydrogen-bond donors (Lipinski definition) is 1. The fourth-order valence-corrected chi connectivity index (χ4v) is 3.78. The molecule has 0 bridgehead atoms. The first-order valence-electron chi connectivity index (χ1n) is 9.33. The van der Waals surface area contributed by atoms with Crippen molar-refractivity contribution >= 4 is 34.9 Å². The van der Waals surface area contributed by atoms with Crippen LogP contribution in [0, 0.1) is 13.8 Å². The van der Waals surface area contributed by atoms with Crippen molar-refractivity contribution in [2.75, 3.05) is 5.32 Å². The SMILES string of the molecule is Cc1nn(-c2ccccc2)c(C)c1C(=O)Nc1ccn(Cc2ccc(Cl)cc2Cl)n1. The average Bonchev–Trinajstić information content (AvgIpc) is 3.28. The predicted octanol–water partition coefficient (Wildman–Crippen LogP) is 5.29. The minimum atomic E-state index is -0.248. The number of aryl methyl sites for hydroxylation is 1. The van der Waals surface area contributed by atoms with Gasteiger partial charge >= 0.3 is 0 Å². The summed E-state index contributed by atoms with van der Waals surface area (Å²) in [6, 6.07) is 16.8. The summed E-state index contributed by atoms with van der Waals surface area (Å²) in [5.41, 5.74) is 3.75. The molecule has 30 heavy (non-hydrogen) atoms. The molecule has 4 aromatic rings. The number of carbonyl (C=O) groups is 1. The van der Waals surface area contributed by atoms with Gasteiger partial charge in [0.1, 0.15) is 0 Å². The third-order valence-corrected chi connectivity index (χ3v) is 5.34. The summed E-state index contributed by atoms with van der Waals surface area (Å²) in [7, 11) is 0. The standard InChI is InChI=1S/C22H19Cl2N5O/c1-14-21(15(2)29(26-14)18-6-4-3-5-7-18)22(30)25-20-10-11-28(27-20)13-16-8-9-17(23)12-19(16)24/h3-12H,13H2,1-2H3,(H,25,27,30). The Bertz CT molecular complexity index is 1210. The largest absolute Gasteiger partial charge is 0.305 e. The highest BCUT2D eigenvalue weighted by atomic mass is 35.5. The molecule has 8 heteroatoms. The van der Waals surface area contributed by atoms with Gasteiger partial charge in [-0.25, -0.2) is 4.68 Å². The van der Waals surface area contributed by atoms with Gasteiger partial charge in [-0.3, -0.25) is 9.48 Å². The molecule has 0 aliphatic carbocycles. The van der Waals surface area contributed by atoms with Crippen molar-refractivity contribution in [1.29, 1.82) is 0 Å². The molecule has 0 saturated carbocycles. The maximum atomic E-state index is 12.9. The van der Waals surface area contributed by atoms with Crippen molar-refractivity contribution < 1.29 is 4.79 Å². The molecule has 2 aromatic heterocycles. The van der Waals surface area contributed by atoms with Crippen molar-refractivity contribution in [2.24, 2.45) is 0 Å². The second-order valence-electron chi connectivity index (χ2n) is 6.88. The van der Waals surface area contributed by atoms with E-state index in [4.69, 9.17) is 23.2 Å². The highest BCUT2D eigenvalue weighted by Crippen LogP contribution is 2.22. The van der Waals surface area contributed by atoms with E-state index in [1.165, 1.54) is 0 Å². The van der Waals surface area contributed by atoms with Crippen LogP contribution in [0.4, 0.5) is 5.82 Å². The van der Waals surface area contributed by atoms with Crippen LogP contribution < -0.4 is 5.32 Å². The van der Waals surface area contributed by atoms with E-state index in [-0.39, 0.29) is 5.91 Å². The van der Waals surface area contributed by atoms with Gasteiger partial charge in [-0.2, -0.15) is 10.2 Å². The van der Waals surface area contributed by atoms with Gasteiger partial charge in [0.05, 0.1) is 29.2 Å². The van der Waals surface area contributed by atoms with Gasteiger partial charge < -0.3 is 5.32 Å². The van der Waals surface area contributed by atoms with Gasteiger partial charge in [-0.15, -0.1) is 0 Å². The molecule has 0 aliphatic rings. The smallest absolute Gasteiger partial charge is 0.260 e. The quantitative estimate of drug-likeness (QED) is 0.459. The molecule has 2 aromatic carbocycles. The van der Waals surface area contributed by atoms with Crippen molar-refractivity contribution in [1.82, 2.24) is 19.6 Å². The third kappa shape index (κ3) is 4.10. The Morgan fingerprint density at radius 1 is 1.03 bits per heavy atom. The number of rotatable bonds is 5. The minimum Gasteiger partial charge on any atom is -0.305 e. The Hall–Kier alpha value is -3.09. The van der Waals surface area contributed by atoms with Crippen molar-refractivity contribution in [3.05, 3.63) is 93.4 Å². The lowest BCUT2D eigenvalue weighted by atomic mass is 10.2. The molecule has 0 aliphatic heterocycles. The summed E-state index contributed by atoms with van der Waals surface area (Å²) in [5.74, 6) is 0.207. The van der Waals surface area contributed by atoms with E-state index in [0.29, 0.717) is 33.7 Å². The molecule has 0 unspecified atom stereocenters. The number of nitrogens with zero attached hydrogens (tertiary/aromatic N) is 4. The van der Waals surface area contributed by atoms with Crippen LogP contribution in [0.1, 0.15) is 27.3 Å². The number of carbonyl (C=O) groups excluding carboxylic acids is 1. The lowest BCUT2D eigenvalue weighted by Gasteiger charge is -2.06. The first-order valence-corrected chi connectivity index (χ1v) is 10.1.